The Morgan fingerprint density at radius 1 is 0.319 bits per heavy atom. The van der Waals surface area contributed by atoms with Crippen molar-refractivity contribution in [2.45, 2.75) is 266 Å². The third-order valence-corrected chi connectivity index (χ3v) is 20.2. The van der Waals surface area contributed by atoms with E-state index in [-0.39, 0.29) is 196 Å². The van der Waals surface area contributed by atoms with Gasteiger partial charge in [0.25, 0.3) is 0 Å². The van der Waals surface area contributed by atoms with E-state index in [2.05, 4.69) is 35.8 Å². The standard InChI is InChI=1S/3C12H22O4.C8H16O5S.C8H10O4.2C8H16O3.2C8H14O2.2C7H15NO.K/c3*1-3-10(2)12(13)15-7-5-4-6-14-8-11-9-16-11;1-3-7(2)8(9)13-5-4-6-14(10,11)12;1-3-7(9)11-5-6-12-8(10)4-2;2*1-4-7(2)8(9)11-6-5-10-3;2*1-4-6-10-8(9)7(3)5-2;2*1-5-6(2)7(9)8(3)4;/h3*10-11H,3-9H2,1-2H3;7H,3-6H2,1-2H3,(H,10,11,12);3-4H,1-2,5-6H2;2*7H,4-6H2,1-3H3;2*4,7H,1,5-6H2,2-3H3;2*6H,5H2,1-4H3;/q;;;;;;;;;;;+1/p-1. The van der Waals surface area contributed by atoms with Gasteiger partial charge in [0.05, 0.1) is 137 Å². The van der Waals surface area contributed by atoms with Crippen molar-refractivity contribution in [1.29, 1.82) is 0 Å². The molecule has 3 aliphatic heterocycles. The van der Waals surface area contributed by atoms with Crippen molar-refractivity contribution < 1.29 is 207 Å². The summed E-state index contributed by atoms with van der Waals surface area (Å²) < 4.78 is 120. The van der Waals surface area contributed by atoms with Gasteiger partial charge in [-0.05, 0) is 109 Å². The first-order chi connectivity index (χ1) is 63.3. The minimum Gasteiger partial charge on any atom is -0.748 e. The largest absolute Gasteiger partial charge is 1.00 e. The van der Waals surface area contributed by atoms with E-state index in [1.54, 1.807) is 71.3 Å². The molecule has 135 heavy (non-hydrogen) atoms. The molecule has 0 aromatic heterocycles. The fourth-order valence-electron chi connectivity index (χ4n) is 7.82. The molecule has 0 aromatic rings. The van der Waals surface area contributed by atoms with E-state index >= 15 is 0 Å². The first-order valence-corrected chi connectivity index (χ1v) is 49.0. The second kappa shape index (κ2) is 102. The molecule has 0 radical (unpaired) electrons. The Morgan fingerprint density at radius 2 is 0.511 bits per heavy atom. The maximum Gasteiger partial charge on any atom is 1.00 e. The third kappa shape index (κ3) is 107. The van der Waals surface area contributed by atoms with E-state index in [1.807, 2.05) is 132 Å². The summed E-state index contributed by atoms with van der Waals surface area (Å²) >= 11 is 0. The van der Waals surface area contributed by atoms with Gasteiger partial charge in [-0.2, -0.15) is 0 Å². The molecule has 37 heteroatoms. The van der Waals surface area contributed by atoms with Crippen molar-refractivity contribution in [3.63, 3.8) is 0 Å². The van der Waals surface area contributed by atoms with Gasteiger partial charge in [-0.3, -0.25) is 47.9 Å². The average molecular weight is 1990 g/mol. The molecular weight excluding hydrogens is 1800 g/mol. The van der Waals surface area contributed by atoms with Gasteiger partial charge in [-0.15, -0.1) is 0 Å². The maximum absolute atomic E-state index is 11.3. The van der Waals surface area contributed by atoms with Crippen molar-refractivity contribution in [1.82, 2.24) is 9.80 Å². The molecule has 13 atom stereocenters. The van der Waals surface area contributed by atoms with Gasteiger partial charge in [-0.1, -0.05) is 177 Å². The van der Waals surface area contributed by atoms with Crippen LogP contribution in [0.1, 0.15) is 248 Å². The SMILES string of the molecule is C=CC(=O)OCCOC(=O)C=C.C=CCOC(=O)C(C)CC.C=CCOC(=O)C(C)CC.CCC(C)C(=O)N(C)C.CCC(C)C(=O)N(C)C.CCC(C)C(=O)OCCCCOCC1CO1.CCC(C)C(=O)OCCCCOCC1CO1.CCC(C)C(=O)OCCCCOCC1CO1.CCC(C)C(=O)OCCCS(=O)(=O)[O-].CCC(C)C(=O)OCCOC.CCC(C)C(=O)OCCOC.[K+]. The summed E-state index contributed by atoms with van der Waals surface area (Å²) in [5.74, 6) is -2.01. The summed E-state index contributed by atoms with van der Waals surface area (Å²) in [6.45, 7) is 62.3. The Morgan fingerprint density at radius 3 is 0.681 bits per heavy atom. The minimum absolute atomic E-state index is 0. The fraction of sp³-hybridized carbons (Fsp3) is 0.796. The van der Waals surface area contributed by atoms with Crippen LogP contribution in [0.3, 0.4) is 0 Å². The van der Waals surface area contributed by atoms with Crippen LogP contribution in [0.15, 0.2) is 50.6 Å². The molecule has 3 heterocycles. The van der Waals surface area contributed by atoms with Crippen molar-refractivity contribution in [2.24, 2.45) is 59.2 Å². The van der Waals surface area contributed by atoms with E-state index in [1.165, 1.54) is 0 Å². The van der Waals surface area contributed by atoms with Gasteiger partial charge in [0.15, 0.2) is 0 Å². The van der Waals surface area contributed by atoms with Gasteiger partial charge in [0, 0.05) is 92.0 Å². The molecular formula is C98H181KN2O33S. The summed E-state index contributed by atoms with van der Waals surface area (Å²) in [6.07, 6.45) is 20.0. The number of esters is 10. The molecule has 0 bridgehead atoms. The number of methoxy groups -OCH3 is 2. The van der Waals surface area contributed by atoms with E-state index in [0.717, 1.165) is 148 Å². The van der Waals surface area contributed by atoms with Crippen LogP contribution in [0.4, 0.5) is 0 Å². The van der Waals surface area contributed by atoms with Gasteiger partial charge < -0.3 is 99.6 Å². The third-order valence-electron chi connectivity index (χ3n) is 19.4. The van der Waals surface area contributed by atoms with Gasteiger partial charge in [-0.25, -0.2) is 18.0 Å². The Bertz CT molecular complexity index is 2910. The zero-order valence-electron chi connectivity index (χ0n) is 88.0. The van der Waals surface area contributed by atoms with E-state index in [0.29, 0.717) is 104 Å². The molecule has 35 nitrogen and oxygen atoms in total. The molecule has 0 aromatic carbocycles. The Hall–Kier alpha value is -6.17. The van der Waals surface area contributed by atoms with Gasteiger partial charge in [0.2, 0.25) is 11.8 Å². The summed E-state index contributed by atoms with van der Waals surface area (Å²) in [6, 6.07) is 0. The molecule has 3 rings (SSSR count). The van der Waals surface area contributed by atoms with Crippen LogP contribution in [0.25, 0.3) is 0 Å². The van der Waals surface area contributed by atoms with Crippen molar-refractivity contribution >= 4 is 81.6 Å². The minimum atomic E-state index is -4.19. The number of carbonyl (C=O) groups is 12. The molecule has 0 N–H and O–H groups in total. The molecule has 13 unspecified atom stereocenters. The number of ether oxygens (including phenoxy) is 18. The van der Waals surface area contributed by atoms with Crippen molar-refractivity contribution in [3.05, 3.63) is 50.6 Å². The molecule has 788 valence electrons. The molecule has 3 saturated heterocycles. The molecule has 0 spiro atoms. The van der Waals surface area contributed by atoms with E-state index in [4.69, 9.17) is 75.8 Å². The number of nitrogens with zero attached hydrogens (tertiary/aromatic N) is 2. The first-order valence-electron chi connectivity index (χ1n) is 47.4. The smallest absolute Gasteiger partial charge is 0.748 e. The predicted molar refractivity (Wildman–Crippen MR) is 515 cm³/mol. The van der Waals surface area contributed by atoms with Crippen molar-refractivity contribution in [2.75, 3.05) is 187 Å². The van der Waals surface area contributed by atoms with Gasteiger partial charge in [0.1, 0.15) is 58.0 Å². The number of hydrogen-bond donors (Lipinski definition) is 0. The fourth-order valence-corrected chi connectivity index (χ4v) is 8.29. The average Bonchev–Trinajstić information content (AvgIpc) is 1.82. The molecule has 3 fully saturated rings. The Labute approximate surface area is 854 Å². The summed E-state index contributed by atoms with van der Waals surface area (Å²) in [5, 5.41) is 0. The zero-order valence-corrected chi connectivity index (χ0v) is 91.9. The van der Waals surface area contributed by atoms with E-state index in [9.17, 15) is 70.5 Å². The maximum atomic E-state index is 11.3. The number of unbranched alkanes of at least 4 members (excludes halogenated alkanes) is 3. The number of hydrogen-bond acceptors (Lipinski definition) is 33. The summed E-state index contributed by atoms with van der Waals surface area (Å²) in [4.78, 5) is 135. The van der Waals surface area contributed by atoms with Crippen LogP contribution in [0.2, 0.25) is 0 Å². The van der Waals surface area contributed by atoms with Crippen LogP contribution in [-0.2, 0) is 153 Å². The Kier molecular flexibility index (Phi) is 111. The number of rotatable bonds is 60. The zero-order chi connectivity index (χ0) is 104. The molecule has 2 amide bonds. The Balaban J connectivity index is -0.000000186. The molecule has 0 aliphatic carbocycles. The quantitative estimate of drug-likeness (QED) is 0.00797. The summed E-state index contributed by atoms with van der Waals surface area (Å²) in [7, 11) is 6.12. The normalized spacial score (nSPS) is 15.0. The number of carbonyl (C=O) groups excluding carboxylic acids is 12. The monoisotopic (exact) mass is 1990 g/mol. The molecule has 0 saturated carbocycles. The van der Waals surface area contributed by atoms with Crippen molar-refractivity contribution in [3.8, 4) is 0 Å². The summed E-state index contributed by atoms with van der Waals surface area (Å²) in [5.41, 5.74) is 0. The predicted octanol–water partition coefficient (Wildman–Crippen LogP) is 11.5. The van der Waals surface area contributed by atoms with Crippen LogP contribution in [0, 0.1) is 59.2 Å². The first kappa shape index (κ1) is 147. The molecule has 3 aliphatic rings. The van der Waals surface area contributed by atoms with Gasteiger partial charge >= 0.3 is 111 Å². The number of amides is 2. The topological polar surface area (TPSA) is 445 Å². The second-order valence-corrected chi connectivity index (χ2v) is 33.5. The van der Waals surface area contributed by atoms with Crippen LogP contribution < -0.4 is 51.4 Å². The second-order valence-electron chi connectivity index (χ2n) is 32.0. The van der Waals surface area contributed by atoms with E-state index < -0.39 is 27.8 Å². The number of epoxide rings is 3. The van der Waals surface area contributed by atoms with Crippen LogP contribution in [0.5, 0.6) is 0 Å². The van der Waals surface area contributed by atoms with Crippen LogP contribution in [-0.4, -0.2) is 299 Å². The van der Waals surface area contributed by atoms with Crippen LogP contribution >= 0.6 is 0 Å².